The quantitative estimate of drug-likeness (QED) is 0.834. The molecule has 0 aliphatic heterocycles. The molecule has 0 spiro atoms. The van der Waals surface area contributed by atoms with E-state index in [1.165, 1.54) is 6.39 Å². The number of aromatic nitrogens is 2. The van der Waals surface area contributed by atoms with Crippen LogP contribution in [0.1, 0.15) is 11.5 Å². The molecule has 4 nitrogen and oxygen atoms in total. The van der Waals surface area contributed by atoms with E-state index < -0.39 is 0 Å². The van der Waals surface area contributed by atoms with Crippen LogP contribution in [-0.4, -0.2) is 16.5 Å². The van der Waals surface area contributed by atoms with Crippen molar-refractivity contribution in [2.75, 3.05) is 6.54 Å². The van der Waals surface area contributed by atoms with E-state index in [1.807, 2.05) is 12.3 Å². The third-order valence-corrected chi connectivity index (χ3v) is 2.80. The van der Waals surface area contributed by atoms with E-state index in [0.29, 0.717) is 6.54 Å². The number of rotatable bonds is 3. The summed E-state index contributed by atoms with van der Waals surface area (Å²) in [5.41, 5.74) is 7.30. The van der Waals surface area contributed by atoms with Crippen molar-refractivity contribution >= 4 is 11.3 Å². The van der Waals surface area contributed by atoms with Crippen molar-refractivity contribution in [3.63, 3.8) is 0 Å². The molecule has 0 saturated carbocycles. The molecule has 0 aliphatic carbocycles. The van der Waals surface area contributed by atoms with Gasteiger partial charge in [-0.05, 0) is 13.5 Å². The Morgan fingerprint density at radius 2 is 2.43 bits per heavy atom. The lowest BCUT2D eigenvalue weighted by atomic mass is 10.3. The molecule has 74 valence electrons. The second-order valence-corrected chi connectivity index (χ2v) is 3.80. The normalized spacial score (nSPS) is 10.7. The van der Waals surface area contributed by atoms with E-state index in [9.17, 15) is 0 Å². The van der Waals surface area contributed by atoms with Gasteiger partial charge in [0.15, 0.2) is 6.39 Å². The first-order valence-corrected chi connectivity index (χ1v) is 5.24. The highest BCUT2D eigenvalue weighted by Gasteiger charge is 2.10. The Bertz CT molecular complexity index is 421. The number of thiazole rings is 1. The molecule has 0 saturated heterocycles. The molecular formula is C9H11N3OS. The maximum absolute atomic E-state index is 5.45. The van der Waals surface area contributed by atoms with Crippen molar-refractivity contribution < 1.29 is 4.42 Å². The minimum atomic E-state index is 0.626. The number of nitrogens with two attached hydrogens (primary N) is 1. The minimum absolute atomic E-state index is 0.626. The Labute approximate surface area is 85.8 Å². The number of hydrogen-bond acceptors (Lipinski definition) is 5. The Kier molecular flexibility index (Phi) is 2.60. The maximum Gasteiger partial charge on any atom is 0.181 e. The van der Waals surface area contributed by atoms with Crippen LogP contribution in [0.25, 0.3) is 10.7 Å². The van der Waals surface area contributed by atoms with Gasteiger partial charge in [-0.3, -0.25) is 0 Å². The third kappa shape index (κ3) is 1.69. The average molecular weight is 209 g/mol. The summed E-state index contributed by atoms with van der Waals surface area (Å²) in [6.45, 7) is 2.51. The van der Waals surface area contributed by atoms with Crippen molar-refractivity contribution in [2.45, 2.75) is 13.3 Å². The summed E-state index contributed by atoms with van der Waals surface area (Å²) in [6.07, 6.45) is 2.25. The molecule has 0 unspecified atom stereocenters. The molecule has 0 aliphatic rings. The zero-order valence-corrected chi connectivity index (χ0v) is 8.67. The molecular weight excluding hydrogens is 198 g/mol. The second kappa shape index (κ2) is 3.89. The Balaban J connectivity index is 2.29. The number of nitrogens with zero attached hydrogens (tertiary/aromatic N) is 2. The van der Waals surface area contributed by atoms with Crippen molar-refractivity contribution in [3.05, 3.63) is 23.2 Å². The van der Waals surface area contributed by atoms with Gasteiger partial charge in [-0.1, -0.05) is 0 Å². The van der Waals surface area contributed by atoms with Gasteiger partial charge in [0, 0.05) is 11.8 Å². The Morgan fingerprint density at radius 1 is 1.57 bits per heavy atom. The van der Waals surface area contributed by atoms with Gasteiger partial charge in [0.25, 0.3) is 0 Å². The van der Waals surface area contributed by atoms with E-state index in [-0.39, 0.29) is 0 Å². The van der Waals surface area contributed by atoms with Crippen LogP contribution in [0.2, 0.25) is 0 Å². The summed E-state index contributed by atoms with van der Waals surface area (Å²) < 4.78 is 5.12. The van der Waals surface area contributed by atoms with Crippen LogP contribution in [0.4, 0.5) is 0 Å². The smallest absolute Gasteiger partial charge is 0.181 e. The fourth-order valence-corrected chi connectivity index (χ4v) is 2.09. The molecule has 0 fully saturated rings. The molecule has 0 radical (unpaired) electrons. The lowest BCUT2D eigenvalue weighted by Crippen LogP contribution is -2.02. The van der Waals surface area contributed by atoms with Gasteiger partial charge in [-0.25, -0.2) is 9.97 Å². The predicted molar refractivity (Wildman–Crippen MR) is 55.1 cm³/mol. The molecule has 0 amide bonds. The standard InChI is InChI=1S/C9H11N3OS/c1-6-8(11-5-13-6)9-12-7(2-3-10)4-14-9/h4-5H,2-3,10H2,1H3. The van der Waals surface area contributed by atoms with Gasteiger partial charge in [-0.2, -0.15) is 0 Å². The van der Waals surface area contributed by atoms with E-state index in [2.05, 4.69) is 9.97 Å². The van der Waals surface area contributed by atoms with Crippen LogP contribution in [0.5, 0.6) is 0 Å². The lowest BCUT2D eigenvalue weighted by molar-refractivity contribution is 0.527. The maximum atomic E-state index is 5.45. The summed E-state index contributed by atoms with van der Waals surface area (Å²) in [5, 5.41) is 2.91. The second-order valence-electron chi connectivity index (χ2n) is 2.94. The third-order valence-electron chi connectivity index (χ3n) is 1.90. The highest BCUT2D eigenvalue weighted by atomic mass is 32.1. The molecule has 2 aromatic rings. The zero-order valence-electron chi connectivity index (χ0n) is 7.86. The van der Waals surface area contributed by atoms with Crippen LogP contribution >= 0.6 is 11.3 Å². The summed E-state index contributed by atoms with van der Waals surface area (Å²) in [5.74, 6) is 0.804. The first-order valence-electron chi connectivity index (χ1n) is 4.36. The molecule has 2 N–H and O–H groups in total. The molecule has 5 heteroatoms. The summed E-state index contributed by atoms with van der Waals surface area (Å²) >= 11 is 1.57. The summed E-state index contributed by atoms with van der Waals surface area (Å²) in [4.78, 5) is 8.53. The highest BCUT2D eigenvalue weighted by Crippen LogP contribution is 2.24. The van der Waals surface area contributed by atoms with Gasteiger partial charge < -0.3 is 10.2 Å². The summed E-state index contributed by atoms with van der Waals surface area (Å²) in [6, 6.07) is 0. The number of aryl methyl sites for hydroxylation is 1. The van der Waals surface area contributed by atoms with Crippen molar-refractivity contribution in [2.24, 2.45) is 5.73 Å². The van der Waals surface area contributed by atoms with Gasteiger partial charge >= 0.3 is 0 Å². The van der Waals surface area contributed by atoms with Crippen LogP contribution in [-0.2, 0) is 6.42 Å². The predicted octanol–water partition coefficient (Wildman–Crippen LogP) is 1.61. The molecule has 2 aromatic heterocycles. The van der Waals surface area contributed by atoms with Crippen molar-refractivity contribution in [1.82, 2.24) is 9.97 Å². The van der Waals surface area contributed by atoms with Gasteiger partial charge in [0.05, 0.1) is 5.69 Å². The number of hydrogen-bond donors (Lipinski definition) is 1. The first kappa shape index (κ1) is 9.36. The SMILES string of the molecule is Cc1ocnc1-c1nc(CCN)cs1. The lowest BCUT2D eigenvalue weighted by Gasteiger charge is -1.90. The molecule has 14 heavy (non-hydrogen) atoms. The summed E-state index contributed by atoms with van der Waals surface area (Å²) in [7, 11) is 0. The molecule has 2 rings (SSSR count). The van der Waals surface area contributed by atoms with Gasteiger partial charge in [0.2, 0.25) is 0 Å². The molecule has 0 bridgehead atoms. The number of oxazole rings is 1. The van der Waals surface area contributed by atoms with E-state index >= 15 is 0 Å². The van der Waals surface area contributed by atoms with Gasteiger partial charge in [0.1, 0.15) is 16.5 Å². The van der Waals surface area contributed by atoms with Crippen LogP contribution in [0.15, 0.2) is 16.2 Å². The molecule has 0 aromatic carbocycles. The topological polar surface area (TPSA) is 64.9 Å². The first-order chi connectivity index (χ1) is 6.81. The highest BCUT2D eigenvalue weighted by molar-refractivity contribution is 7.13. The fourth-order valence-electron chi connectivity index (χ4n) is 1.19. The largest absolute Gasteiger partial charge is 0.448 e. The fraction of sp³-hybridized carbons (Fsp3) is 0.333. The van der Waals surface area contributed by atoms with E-state index in [0.717, 1.165) is 28.6 Å². The Morgan fingerprint density at radius 3 is 3.07 bits per heavy atom. The average Bonchev–Trinajstić information content (AvgIpc) is 2.74. The van der Waals surface area contributed by atoms with Crippen molar-refractivity contribution in [3.8, 4) is 10.7 Å². The van der Waals surface area contributed by atoms with Crippen molar-refractivity contribution in [1.29, 1.82) is 0 Å². The Hall–Kier alpha value is -1.20. The zero-order chi connectivity index (χ0) is 9.97. The monoisotopic (exact) mass is 209 g/mol. The minimum Gasteiger partial charge on any atom is -0.448 e. The van der Waals surface area contributed by atoms with E-state index in [4.69, 9.17) is 10.2 Å². The van der Waals surface area contributed by atoms with Gasteiger partial charge in [-0.15, -0.1) is 11.3 Å². The molecule has 2 heterocycles. The van der Waals surface area contributed by atoms with E-state index in [1.54, 1.807) is 11.3 Å². The molecule has 0 atom stereocenters. The van der Waals surface area contributed by atoms with Crippen LogP contribution in [0.3, 0.4) is 0 Å². The van der Waals surface area contributed by atoms with Crippen LogP contribution in [0, 0.1) is 6.92 Å². The van der Waals surface area contributed by atoms with Crippen LogP contribution < -0.4 is 5.73 Å².